The van der Waals surface area contributed by atoms with Crippen molar-refractivity contribution < 1.29 is 9.90 Å². The van der Waals surface area contributed by atoms with Gasteiger partial charge in [0, 0.05) is 5.57 Å². The first-order valence-electron chi connectivity index (χ1n) is 5.04. The molecule has 0 bridgehead atoms. The zero-order valence-electron chi connectivity index (χ0n) is 8.94. The molecule has 0 fully saturated rings. The number of hydrogen-bond acceptors (Lipinski definition) is 1. The zero-order chi connectivity index (χ0) is 11.3. The number of hydrogen-bond donors (Lipinski definition) is 1. The van der Waals surface area contributed by atoms with E-state index < -0.39 is 5.97 Å². The van der Waals surface area contributed by atoms with Crippen molar-refractivity contribution in [3.05, 3.63) is 48.0 Å². The molecule has 0 aliphatic rings. The van der Waals surface area contributed by atoms with Gasteiger partial charge in [0.25, 0.3) is 0 Å². The number of benzene rings is 1. The summed E-state index contributed by atoms with van der Waals surface area (Å²) in [5, 5.41) is 8.70. The smallest absolute Gasteiger partial charge is 0.330 e. The van der Waals surface area contributed by atoms with Gasteiger partial charge in [0.2, 0.25) is 0 Å². The summed E-state index contributed by atoms with van der Waals surface area (Å²) >= 11 is 0. The molecule has 1 aromatic rings. The average molecular weight is 204 g/mol. The first-order valence-corrected chi connectivity index (χ1v) is 5.04. The zero-order valence-corrected chi connectivity index (χ0v) is 8.94. The maximum Gasteiger partial charge on any atom is 0.330 e. The van der Waals surface area contributed by atoms with Crippen molar-refractivity contribution in [1.29, 1.82) is 0 Å². The lowest BCUT2D eigenvalue weighted by atomic mass is 9.95. The molecule has 2 heteroatoms. The third-order valence-electron chi connectivity index (χ3n) is 2.32. The lowest BCUT2D eigenvalue weighted by molar-refractivity contribution is -0.132. The Morgan fingerprint density at radius 1 is 1.40 bits per heavy atom. The van der Waals surface area contributed by atoms with Crippen LogP contribution in [0.1, 0.15) is 18.9 Å². The van der Waals surface area contributed by atoms with E-state index in [-0.39, 0.29) is 0 Å². The molecule has 1 rings (SSSR count). The molecule has 0 amide bonds. The van der Waals surface area contributed by atoms with Crippen LogP contribution < -0.4 is 0 Å². The summed E-state index contributed by atoms with van der Waals surface area (Å²) in [6.07, 6.45) is 1.44. The number of carboxylic acid groups (broad SMARTS) is 1. The number of carboxylic acids is 1. The van der Waals surface area contributed by atoms with E-state index in [0.29, 0.717) is 17.9 Å². The second-order valence-corrected chi connectivity index (χ2v) is 3.91. The highest BCUT2D eigenvalue weighted by atomic mass is 16.4. The molecule has 0 saturated carbocycles. The fourth-order valence-corrected chi connectivity index (χ4v) is 1.60. The minimum Gasteiger partial charge on any atom is -0.478 e. The van der Waals surface area contributed by atoms with E-state index in [2.05, 4.69) is 18.7 Å². The van der Waals surface area contributed by atoms with Crippen LogP contribution in [0, 0.1) is 5.92 Å². The van der Waals surface area contributed by atoms with Crippen molar-refractivity contribution in [2.45, 2.75) is 19.8 Å². The van der Waals surface area contributed by atoms with Gasteiger partial charge in [-0.25, -0.2) is 4.79 Å². The molecule has 1 aromatic carbocycles. The third-order valence-corrected chi connectivity index (χ3v) is 2.32. The van der Waals surface area contributed by atoms with E-state index in [4.69, 9.17) is 5.11 Å². The van der Waals surface area contributed by atoms with Gasteiger partial charge in [-0.3, -0.25) is 0 Å². The Bertz CT molecular complexity index is 341. The van der Waals surface area contributed by atoms with Crippen molar-refractivity contribution in [2.24, 2.45) is 5.92 Å². The Balaban J connectivity index is 2.46. The molecule has 2 nitrogen and oxygen atoms in total. The van der Waals surface area contributed by atoms with Crippen LogP contribution in [0.2, 0.25) is 0 Å². The van der Waals surface area contributed by atoms with Crippen molar-refractivity contribution in [2.75, 3.05) is 0 Å². The lowest BCUT2D eigenvalue weighted by Crippen LogP contribution is -2.06. The summed E-state index contributed by atoms with van der Waals surface area (Å²) in [6, 6.07) is 10.1. The van der Waals surface area contributed by atoms with E-state index in [9.17, 15) is 4.79 Å². The van der Waals surface area contributed by atoms with Gasteiger partial charge in [0.15, 0.2) is 0 Å². The largest absolute Gasteiger partial charge is 0.478 e. The van der Waals surface area contributed by atoms with Gasteiger partial charge in [-0.15, -0.1) is 0 Å². The molecule has 1 N–H and O–H groups in total. The minimum absolute atomic E-state index is 0.290. The van der Waals surface area contributed by atoms with Crippen LogP contribution >= 0.6 is 0 Å². The summed E-state index contributed by atoms with van der Waals surface area (Å²) < 4.78 is 0. The molecule has 0 radical (unpaired) electrons. The van der Waals surface area contributed by atoms with Crippen LogP contribution in [0.4, 0.5) is 0 Å². The summed E-state index contributed by atoms with van der Waals surface area (Å²) in [4.78, 5) is 10.6. The first-order chi connectivity index (χ1) is 7.09. The maximum absolute atomic E-state index is 10.6. The summed E-state index contributed by atoms with van der Waals surface area (Å²) in [5.74, 6) is -0.578. The van der Waals surface area contributed by atoms with Gasteiger partial charge < -0.3 is 5.11 Å². The minimum atomic E-state index is -0.894. The van der Waals surface area contributed by atoms with Crippen molar-refractivity contribution >= 4 is 5.97 Å². The Morgan fingerprint density at radius 2 is 2.00 bits per heavy atom. The van der Waals surface area contributed by atoms with E-state index in [0.717, 1.165) is 6.42 Å². The second kappa shape index (κ2) is 5.35. The second-order valence-electron chi connectivity index (χ2n) is 3.91. The molecule has 0 heterocycles. The molecule has 0 spiro atoms. The van der Waals surface area contributed by atoms with Crippen molar-refractivity contribution in [3.8, 4) is 0 Å². The Kier molecular flexibility index (Phi) is 4.10. The molecule has 80 valence electrons. The van der Waals surface area contributed by atoms with E-state index in [1.54, 1.807) is 0 Å². The highest BCUT2D eigenvalue weighted by Gasteiger charge is 2.10. The molecule has 0 aliphatic carbocycles. The molecule has 1 unspecified atom stereocenters. The quantitative estimate of drug-likeness (QED) is 0.749. The highest BCUT2D eigenvalue weighted by molar-refractivity contribution is 5.85. The summed E-state index contributed by atoms with van der Waals surface area (Å²) in [7, 11) is 0. The van der Waals surface area contributed by atoms with Crippen LogP contribution in [0.5, 0.6) is 0 Å². The van der Waals surface area contributed by atoms with Gasteiger partial charge in [0.1, 0.15) is 0 Å². The highest BCUT2D eigenvalue weighted by Crippen LogP contribution is 2.15. The Labute approximate surface area is 90.3 Å². The van der Waals surface area contributed by atoms with Crippen LogP contribution in [0.25, 0.3) is 0 Å². The molecule has 0 aromatic heterocycles. The fourth-order valence-electron chi connectivity index (χ4n) is 1.60. The third kappa shape index (κ3) is 3.98. The molecular formula is C13H16O2. The molecule has 0 saturated heterocycles. The van der Waals surface area contributed by atoms with Gasteiger partial charge in [-0.2, -0.15) is 0 Å². The van der Waals surface area contributed by atoms with Crippen molar-refractivity contribution in [1.82, 2.24) is 0 Å². The van der Waals surface area contributed by atoms with Gasteiger partial charge in [0.05, 0.1) is 0 Å². The molecule has 1 atom stereocenters. The predicted molar refractivity (Wildman–Crippen MR) is 60.7 cm³/mol. The van der Waals surface area contributed by atoms with Gasteiger partial charge in [-0.05, 0) is 24.3 Å². The normalized spacial score (nSPS) is 12.1. The number of carbonyl (C=O) groups is 1. The van der Waals surface area contributed by atoms with E-state index in [1.807, 2.05) is 25.1 Å². The molecular weight excluding hydrogens is 188 g/mol. The molecule has 15 heavy (non-hydrogen) atoms. The lowest BCUT2D eigenvalue weighted by Gasteiger charge is -2.10. The summed E-state index contributed by atoms with van der Waals surface area (Å²) in [5.41, 5.74) is 1.53. The number of rotatable bonds is 5. The Morgan fingerprint density at radius 3 is 2.53 bits per heavy atom. The average Bonchev–Trinajstić information content (AvgIpc) is 2.18. The van der Waals surface area contributed by atoms with Gasteiger partial charge in [-0.1, -0.05) is 43.8 Å². The predicted octanol–water partition coefficient (Wildman–Crippen LogP) is 2.90. The maximum atomic E-state index is 10.6. The molecule has 0 aliphatic heterocycles. The van der Waals surface area contributed by atoms with Gasteiger partial charge >= 0.3 is 5.97 Å². The van der Waals surface area contributed by atoms with E-state index >= 15 is 0 Å². The monoisotopic (exact) mass is 204 g/mol. The fraction of sp³-hybridized carbons (Fsp3) is 0.308. The standard InChI is InChI=1S/C13H16O2/c1-10(8-11(2)13(14)15)9-12-6-4-3-5-7-12/h3-7,10H,2,8-9H2,1H3,(H,14,15). The van der Waals surface area contributed by atoms with Crippen LogP contribution in [0.3, 0.4) is 0 Å². The Hall–Kier alpha value is -1.57. The van der Waals surface area contributed by atoms with Crippen LogP contribution in [-0.2, 0) is 11.2 Å². The van der Waals surface area contributed by atoms with E-state index in [1.165, 1.54) is 5.56 Å². The SMILES string of the molecule is C=C(CC(C)Cc1ccccc1)C(=O)O. The van der Waals surface area contributed by atoms with Crippen molar-refractivity contribution in [3.63, 3.8) is 0 Å². The first kappa shape index (κ1) is 11.5. The van der Waals surface area contributed by atoms with Crippen LogP contribution in [0.15, 0.2) is 42.5 Å². The topological polar surface area (TPSA) is 37.3 Å². The number of aliphatic carboxylic acids is 1. The van der Waals surface area contributed by atoms with Crippen LogP contribution in [-0.4, -0.2) is 11.1 Å². The summed E-state index contributed by atoms with van der Waals surface area (Å²) in [6.45, 7) is 5.58.